The molecular formula is C30H32BrClF3N3O4S. The molecule has 0 radical (unpaired) electrons. The maximum Gasteiger partial charge on any atom is 0.416 e. The Morgan fingerprint density at radius 1 is 1.00 bits per heavy atom. The lowest BCUT2D eigenvalue weighted by Crippen LogP contribution is -2.54. The van der Waals surface area contributed by atoms with Gasteiger partial charge in [0, 0.05) is 23.5 Å². The van der Waals surface area contributed by atoms with Crippen LogP contribution < -0.4 is 9.62 Å². The van der Waals surface area contributed by atoms with Crippen LogP contribution in [0.3, 0.4) is 0 Å². The fraction of sp³-hybridized carbons (Fsp3) is 0.333. The van der Waals surface area contributed by atoms with Crippen molar-refractivity contribution in [1.82, 2.24) is 10.2 Å². The smallest absolute Gasteiger partial charge is 0.352 e. The second-order valence-corrected chi connectivity index (χ2v) is 13.3. The Bertz CT molecular complexity index is 1540. The highest BCUT2D eigenvalue weighted by Gasteiger charge is 2.36. The number of carbonyl (C=O) groups excluding carboxylic acids is 2. The fourth-order valence-electron chi connectivity index (χ4n) is 4.30. The predicted molar refractivity (Wildman–Crippen MR) is 165 cm³/mol. The number of sulfonamides is 1. The minimum Gasteiger partial charge on any atom is -0.352 e. The van der Waals surface area contributed by atoms with Crippen LogP contribution in [0, 0.1) is 0 Å². The number of rotatable bonds is 12. The number of amides is 2. The molecule has 3 aromatic carbocycles. The van der Waals surface area contributed by atoms with Gasteiger partial charge < -0.3 is 10.2 Å². The second-order valence-electron chi connectivity index (χ2n) is 10.1. The third-order valence-electron chi connectivity index (χ3n) is 6.74. The van der Waals surface area contributed by atoms with Crippen molar-refractivity contribution in [3.63, 3.8) is 0 Å². The van der Waals surface area contributed by atoms with Crippen molar-refractivity contribution in [2.24, 2.45) is 0 Å². The molecule has 0 fully saturated rings. The predicted octanol–water partition coefficient (Wildman–Crippen LogP) is 6.44. The molecule has 0 saturated heterocycles. The van der Waals surface area contributed by atoms with E-state index in [2.05, 4.69) is 21.2 Å². The Kier molecular flexibility index (Phi) is 11.7. The fourth-order valence-corrected chi connectivity index (χ4v) is 5.87. The van der Waals surface area contributed by atoms with E-state index < -0.39 is 51.9 Å². The Morgan fingerprint density at radius 2 is 1.65 bits per heavy atom. The van der Waals surface area contributed by atoms with Gasteiger partial charge in [-0.05, 0) is 54.8 Å². The molecule has 0 heterocycles. The number of hydrogen-bond acceptors (Lipinski definition) is 4. The number of nitrogens with zero attached hydrogens (tertiary/aromatic N) is 2. The molecule has 2 atom stereocenters. The molecule has 2 amide bonds. The highest BCUT2D eigenvalue weighted by molar-refractivity contribution is 9.10. The molecule has 13 heteroatoms. The van der Waals surface area contributed by atoms with Crippen molar-refractivity contribution in [3.05, 3.63) is 99.0 Å². The average molecular weight is 703 g/mol. The Labute approximate surface area is 263 Å². The monoisotopic (exact) mass is 701 g/mol. The zero-order chi connectivity index (χ0) is 31.9. The summed E-state index contributed by atoms with van der Waals surface area (Å²) in [5.41, 5.74) is -0.243. The van der Waals surface area contributed by atoms with Crippen molar-refractivity contribution in [3.8, 4) is 0 Å². The zero-order valence-electron chi connectivity index (χ0n) is 23.7. The van der Waals surface area contributed by atoms with E-state index >= 15 is 0 Å². The van der Waals surface area contributed by atoms with Crippen LogP contribution in [0.4, 0.5) is 18.9 Å². The molecule has 43 heavy (non-hydrogen) atoms. The molecule has 0 saturated carbocycles. The van der Waals surface area contributed by atoms with Gasteiger partial charge >= 0.3 is 6.18 Å². The molecule has 232 valence electrons. The lowest BCUT2D eigenvalue weighted by atomic mass is 10.0. The van der Waals surface area contributed by atoms with E-state index in [9.17, 15) is 31.2 Å². The van der Waals surface area contributed by atoms with Gasteiger partial charge in [0.1, 0.15) is 12.6 Å². The van der Waals surface area contributed by atoms with Crippen LogP contribution >= 0.6 is 27.5 Å². The van der Waals surface area contributed by atoms with Gasteiger partial charge in [0.2, 0.25) is 21.8 Å². The second kappa shape index (κ2) is 14.6. The maximum atomic E-state index is 14.1. The van der Waals surface area contributed by atoms with Crippen molar-refractivity contribution >= 4 is 55.1 Å². The Hall–Kier alpha value is -3.09. The van der Waals surface area contributed by atoms with Crippen LogP contribution in [0.1, 0.15) is 37.0 Å². The van der Waals surface area contributed by atoms with E-state index in [1.54, 1.807) is 48.5 Å². The van der Waals surface area contributed by atoms with Gasteiger partial charge in [-0.25, -0.2) is 8.42 Å². The lowest BCUT2D eigenvalue weighted by Gasteiger charge is -2.34. The summed E-state index contributed by atoms with van der Waals surface area (Å²) in [6.07, 6.45) is -3.29. The van der Waals surface area contributed by atoms with Gasteiger partial charge in [0.05, 0.1) is 22.5 Å². The summed E-state index contributed by atoms with van der Waals surface area (Å²) in [4.78, 5) is 29.1. The number of carbonyl (C=O) groups is 2. The molecule has 0 aliphatic heterocycles. The minimum absolute atomic E-state index is 0.0857. The van der Waals surface area contributed by atoms with Gasteiger partial charge in [-0.15, -0.1) is 0 Å². The molecule has 1 N–H and O–H groups in total. The molecule has 0 aliphatic carbocycles. The number of anilines is 1. The number of nitrogens with one attached hydrogen (secondary N) is 1. The first kappa shape index (κ1) is 34.4. The van der Waals surface area contributed by atoms with Crippen LogP contribution in [-0.4, -0.2) is 50.0 Å². The first-order valence-corrected chi connectivity index (χ1v) is 16.3. The zero-order valence-corrected chi connectivity index (χ0v) is 26.9. The average Bonchev–Trinajstić information content (AvgIpc) is 2.93. The third kappa shape index (κ3) is 9.70. The normalized spacial score (nSPS) is 13.2. The van der Waals surface area contributed by atoms with Crippen LogP contribution in [0.5, 0.6) is 0 Å². The largest absolute Gasteiger partial charge is 0.416 e. The van der Waals surface area contributed by atoms with Gasteiger partial charge in [-0.1, -0.05) is 76.9 Å². The molecule has 0 aromatic heterocycles. The molecular weight excluding hydrogens is 671 g/mol. The molecule has 0 aliphatic rings. The van der Waals surface area contributed by atoms with E-state index in [-0.39, 0.29) is 24.0 Å². The van der Waals surface area contributed by atoms with Crippen LogP contribution in [0.2, 0.25) is 5.02 Å². The summed E-state index contributed by atoms with van der Waals surface area (Å²) in [5, 5.41) is 2.62. The van der Waals surface area contributed by atoms with Gasteiger partial charge in [-0.3, -0.25) is 13.9 Å². The lowest BCUT2D eigenvalue weighted by molar-refractivity contribution is -0.140. The number of hydrogen-bond donors (Lipinski definition) is 1. The van der Waals surface area contributed by atoms with Crippen molar-refractivity contribution < 1.29 is 31.2 Å². The van der Waals surface area contributed by atoms with E-state index in [0.717, 1.165) is 28.4 Å². The summed E-state index contributed by atoms with van der Waals surface area (Å²) < 4.78 is 67.7. The van der Waals surface area contributed by atoms with Gasteiger partial charge in [0.25, 0.3) is 0 Å². The van der Waals surface area contributed by atoms with Crippen molar-refractivity contribution in [2.45, 2.75) is 51.5 Å². The quantitative estimate of drug-likeness (QED) is 0.236. The molecule has 7 nitrogen and oxygen atoms in total. The minimum atomic E-state index is -4.78. The van der Waals surface area contributed by atoms with Crippen molar-refractivity contribution in [1.29, 1.82) is 0 Å². The molecule has 0 spiro atoms. The molecule has 0 bridgehead atoms. The molecule has 3 aromatic rings. The maximum absolute atomic E-state index is 14.1. The van der Waals surface area contributed by atoms with Gasteiger partial charge in [-0.2, -0.15) is 13.2 Å². The SMILES string of the molecule is CC[C@@H](C)NC(=O)[C@H](Cc1ccccc1)N(Cc1cccc(Br)c1)C(=O)CN(c1cc(C(F)(F)F)ccc1Cl)S(C)(=O)=O. The number of alkyl halides is 3. The summed E-state index contributed by atoms with van der Waals surface area (Å²) in [6.45, 7) is 2.73. The highest BCUT2D eigenvalue weighted by Crippen LogP contribution is 2.36. The first-order chi connectivity index (χ1) is 20.1. The van der Waals surface area contributed by atoms with E-state index in [1.165, 1.54) is 4.90 Å². The molecule has 0 unspecified atom stereocenters. The number of benzene rings is 3. The number of halogens is 5. The highest BCUT2D eigenvalue weighted by atomic mass is 79.9. The topological polar surface area (TPSA) is 86.8 Å². The standard InChI is InChI=1S/C30H32BrClF3N3O4S/c1-4-20(2)36-29(40)27(16-21-9-6-5-7-10-21)37(18-22-11-8-12-24(31)15-22)28(39)19-38(43(3,41)42)26-17-23(30(33,34)35)13-14-25(26)32/h5-15,17,20,27H,4,16,18-19H2,1-3H3,(H,36,40)/t20-,27+/m1/s1. The van der Waals surface area contributed by atoms with E-state index in [0.29, 0.717) is 22.4 Å². The van der Waals surface area contributed by atoms with Crippen LogP contribution in [0.15, 0.2) is 77.3 Å². The van der Waals surface area contributed by atoms with E-state index in [4.69, 9.17) is 11.6 Å². The third-order valence-corrected chi connectivity index (χ3v) is 8.67. The van der Waals surface area contributed by atoms with Crippen LogP contribution in [-0.2, 0) is 38.8 Å². The van der Waals surface area contributed by atoms with Gasteiger partial charge in [0.15, 0.2) is 0 Å². The van der Waals surface area contributed by atoms with E-state index in [1.807, 2.05) is 19.9 Å². The van der Waals surface area contributed by atoms with Crippen molar-refractivity contribution in [2.75, 3.05) is 17.1 Å². The Morgan fingerprint density at radius 3 is 2.23 bits per heavy atom. The first-order valence-electron chi connectivity index (χ1n) is 13.3. The summed E-state index contributed by atoms with van der Waals surface area (Å²) in [7, 11) is -4.31. The summed E-state index contributed by atoms with van der Waals surface area (Å²) in [6, 6.07) is 17.0. The Balaban J connectivity index is 2.12. The molecule has 3 rings (SSSR count). The van der Waals surface area contributed by atoms with Crippen LogP contribution in [0.25, 0.3) is 0 Å². The summed E-state index contributed by atoms with van der Waals surface area (Å²) >= 11 is 9.58. The summed E-state index contributed by atoms with van der Waals surface area (Å²) in [5.74, 6) is -1.26.